The molecule has 2 aromatic carbocycles. The number of hydrogen-bond acceptors (Lipinski definition) is 3. The molecule has 0 fully saturated rings. The Morgan fingerprint density at radius 1 is 1.25 bits per heavy atom. The third-order valence-corrected chi connectivity index (χ3v) is 3.39. The lowest BCUT2D eigenvalue weighted by Gasteiger charge is -2.10. The molecule has 5 nitrogen and oxygen atoms in total. The fraction of sp³-hybridized carbons (Fsp3) is 0.0588. The summed E-state index contributed by atoms with van der Waals surface area (Å²) in [5.74, 6) is -1.96. The summed E-state index contributed by atoms with van der Waals surface area (Å²) in [6.45, 7) is 0. The molecule has 2 rings (SSSR count). The van der Waals surface area contributed by atoms with E-state index in [4.69, 9.17) is 21.4 Å². The number of hydrogen-bond donors (Lipinski definition) is 2. The Bertz CT molecular complexity index is 803. The molecule has 7 heteroatoms. The Morgan fingerprint density at radius 3 is 2.50 bits per heavy atom. The summed E-state index contributed by atoms with van der Waals surface area (Å²) in [7, 11) is 1.32. The first kappa shape index (κ1) is 17.5. The van der Waals surface area contributed by atoms with Crippen LogP contribution in [-0.4, -0.2) is 24.1 Å². The zero-order chi connectivity index (χ0) is 17.7. The highest BCUT2D eigenvalue weighted by Crippen LogP contribution is 2.31. The number of carbonyl (C=O) groups excluding carboxylic acids is 1. The van der Waals surface area contributed by atoms with Crippen molar-refractivity contribution in [3.63, 3.8) is 0 Å². The van der Waals surface area contributed by atoms with Gasteiger partial charge >= 0.3 is 5.97 Å². The molecule has 0 unspecified atom stereocenters. The first-order chi connectivity index (χ1) is 11.4. The Morgan fingerprint density at radius 2 is 1.92 bits per heavy atom. The average Bonchev–Trinajstić information content (AvgIpc) is 2.55. The highest BCUT2D eigenvalue weighted by molar-refractivity contribution is 6.34. The van der Waals surface area contributed by atoms with E-state index in [-0.39, 0.29) is 27.8 Å². The van der Waals surface area contributed by atoms with Gasteiger partial charge in [0.2, 0.25) is 5.91 Å². The molecule has 0 radical (unpaired) electrons. The van der Waals surface area contributed by atoms with E-state index in [2.05, 4.69) is 5.32 Å². The molecule has 0 bridgehead atoms. The molecule has 124 valence electrons. The predicted molar refractivity (Wildman–Crippen MR) is 89.0 cm³/mol. The number of carbonyl (C=O) groups is 2. The number of carboxylic acid groups (broad SMARTS) is 1. The second-order valence-corrected chi connectivity index (χ2v) is 5.12. The molecule has 0 aliphatic rings. The van der Waals surface area contributed by atoms with E-state index in [1.807, 2.05) is 0 Å². The van der Waals surface area contributed by atoms with Crippen molar-refractivity contribution in [2.24, 2.45) is 0 Å². The normalized spacial score (nSPS) is 10.6. The number of methoxy groups -OCH3 is 1. The maximum absolute atomic E-state index is 12.8. The van der Waals surface area contributed by atoms with Gasteiger partial charge in [-0.3, -0.25) is 4.79 Å². The Labute approximate surface area is 142 Å². The van der Waals surface area contributed by atoms with Crippen molar-refractivity contribution >= 4 is 35.2 Å². The van der Waals surface area contributed by atoms with Crippen molar-refractivity contribution in [2.45, 2.75) is 0 Å². The maximum atomic E-state index is 12.8. The van der Waals surface area contributed by atoms with Crippen LogP contribution in [0.1, 0.15) is 15.9 Å². The average molecular weight is 350 g/mol. The number of benzene rings is 2. The van der Waals surface area contributed by atoms with Crippen LogP contribution in [-0.2, 0) is 4.79 Å². The predicted octanol–water partition coefficient (Wildman–Crippen LogP) is 3.84. The third kappa shape index (κ3) is 4.33. The highest BCUT2D eigenvalue weighted by Gasteiger charge is 2.15. The summed E-state index contributed by atoms with van der Waals surface area (Å²) in [5.41, 5.74) is 0.756. The van der Waals surface area contributed by atoms with E-state index in [0.29, 0.717) is 5.56 Å². The second kappa shape index (κ2) is 7.61. The van der Waals surface area contributed by atoms with Crippen molar-refractivity contribution in [3.05, 3.63) is 64.4 Å². The zero-order valence-corrected chi connectivity index (χ0v) is 13.3. The third-order valence-electron chi connectivity index (χ3n) is 3.07. The molecule has 0 aliphatic carbocycles. The van der Waals surface area contributed by atoms with E-state index in [1.54, 1.807) is 0 Å². The summed E-state index contributed by atoms with van der Waals surface area (Å²) in [4.78, 5) is 23.0. The van der Waals surface area contributed by atoms with Crippen LogP contribution in [0.25, 0.3) is 6.08 Å². The minimum atomic E-state index is -1.19. The number of aromatic carboxylic acids is 1. The van der Waals surface area contributed by atoms with Crippen LogP contribution < -0.4 is 10.1 Å². The molecular formula is C17H13ClFNO4. The van der Waals surface area contributed by atoms with Crippen molar-refractivity contribution in [1.29, 1.82) is 0 Å². The van der Waals surface area contributed by atoms with E-state index in [0.717, 1.165) is 0 Å². The lowest BCUT2D eigenvalue weighted by Crippen LogP contribution is -2.09. The number of rotatable bonds is 5. The molecule has 0 saturated carbocycles. The summed E-state index contributed by atoms with van der Waals surface area (Å²) >= 11 is 5.98. The van der Waals surface area contributed by atoms with Gasteiger partial charge in [0.15, 0.2) is 0 Å². The van der Waals surface area contributed by atoms with Crippen LogP contribution in [0, 0.1) is 5.82 Å². The quantitative estimate of drug-likeness (QED) is 0.804. The smallest absolute Gasteiger partial charge is 0.339 e. The first-order valence-corrected chi connectivity index (χ1v) is 7.14. The largest absolute Gasteiger partial charge is 0.496 e. The van der Waals surface area contributed by atoms with E-state index in [9.17, 15) is 14.0 Å². The van der Waals surface area contributed by atoms with Gasteiger partial charge in [-0.1, -0.05) is 23.7 Å². The minimum Gasteiger partial charge on any atom is -0.496 e. The van der Waals surface area contributed by atoms with Gasteiger partial charge in [0.1, 0.15) is 17.1 Å². The molecule has 0 spiro atoms. The number of amides is 1. The highest BCUT2D eigenvalue weighted by atomic mass is 35.5. The molecule has 2 aromatic rings. The number of halogens is 2. The zero-order valence-electron chi connectivity index (χ0n) is 12.5. The lowest BCUT2D eigenvalue weighted by molar-refractivity contribution is -0.111. The number of carboxylic acids is 1. The van der Waals surface area contributed by atoms with E-state index in [1.165, 1.54) is 55.7 Å². The number of nitrogens with one attached hydrogen (secondary N) is 1. The maximum Gasteiger partial charge on any atom is 0.339 e. The Balaban J connectivity index is 2.16. The fourth-order valence-electron chi connectivity index (χ4n) is 1.91. The van der Waals surface area contributed by atoms with Gasteiger partial charge in [-0.25, -0.2) is 9.18 Å². The van der Waals surface area contributed by atoms with Crippen molar-refractivity contribution in [1.82, 2.24) is 0 Å². The minimum absolute atomic E-state index is 0.0664. The molecule has 1 amide bonds. The topological polar surface area (TPSA) is 75.6 Å². The molecule has 0 atom stereocenters. The first-order valence-electron chi connectivity index (χ1n) is 6.76. The van der Waals surface area contributed by atoms with Gasteiger partial charge in [-0.2, -0.15) is 0 Å². The van der Waals surface area contributed by atoms with Gasteiger partial charge in [0.25, 0.3) is 0 Å². The van der Waals surface area contributed by atoms with Crippen molar-refractivity contribution in [2.75, 3.05) is 12.4 Å². The molecule has 0 saturated heterocycles. The second-order valence-electron chi connectivity index (χ2n) is 4.71. The number of anilines is 1. The Hall–Kier alpha value is -2.86. The molecular weight excluding hydrogens is 337 g/mol. The van der Waals surface area contributed by atoms with Gasteiger partial charge in [0, 0.05) is 12.1 Å². The van der Waals surface area contributed by atoms with Gasteiger partial charge in [-0.15, -0.1) is 0 Å². The summed E-state index contributed by atoms with van der Waals surface area (Å²) in [6.07, 6.45) is 2.76. The summed E-state index contributed by atoms with van der Waals surface area (Å²) in [6, 6.07) is 8.14. The van der Waals surface area contributed by atoms with Crippen molar-refractivity contribution < 1.29 is 23.8 Å². The van der Waals surface area contributed by atoms with E-state index < -0.39 is 11.9 Å². The van der Waals surface area contributed by atoms with Crippen LogP contribution in [0.3, 0.4) is 0 Å². The molecule has 0 aliphatic heterocycles. The van der Waals surface area contributed by atoms with E-state index >= 15 is 0 Å². The van der Waals surface area contributed by atoms with Crippen LogP contribution in [0.4, 0.5) is 10.1 Å². The lowest BCUT2D eigenvalue weighted by atomic mass is 10.1. The number of ether oxygens (including phenoxy) is 1. The van der Waals surface area contributed by atoms with Gasteiger partial charge < -0.3 is 15.2 Å². The molecule has 0 heterocycles. The standard InChI is InChI=1S/C17H13ClFNO4/c1-24-15-9-14(13(18)8-12(15)17(22)23)20-16(21)7-4-10-2-5-11(19)6-3-10/h2-9H,1H3,(H,20,21)(H,22,23)/b7-4+. The summed E-state index contributed by atoms with van der Waals surface area (Å²) in [5, 5.41) is 11.7. The summed E-state index contributed by atoms with van der Waals surface area (Å²) < 4.78 is 17.8. The van der Waals surface area contributed by atoms with Gasteiger partial charge in [0.05, 0.1) is 17.8 Å². The molecule has 24 heavy (non-hydrogen) atoms. The van der Waals surface area contributed by atoms with Gasteiger partial charge in [-0.05, 0) is 29.8 Å². The fourth-order valence-corrected chi connectivity index (χ4v) is 2.12. The monoisotopic (exact) mass is 349 g/mol. The molecule has 0 aromatic heterocycles. The van der Waals surface area contributed by atoms with Crippen molar-refractivity contribution in [3.8, 4) is 5.75 Å². The SMILES string of the molecule is COc1cc(NC(=O)/C=C/c2ccc(F)cc2)c(Cl)cc1C(=O)O. The van der Waals surface area contributed by atoms with Crippen LogP contribution in [0.15, 0.2) is 42.5 Å². The van der Waals surface area contributed by atoms with Crippen LogP contribution in [0.5, 0.6) is 5.75 Å². The van der Waals surface area contributed by atoms with Crippen LogP contribution >= 0.6 is 11.6 Å². The Kier molecular flexibility index (Phi) is 5.55. The molecule has 2 N–H and O–H groups in total. The van der Waals surface area contributed by atoms with Crippen LogP contribution in [0.2, 0.25) is 5.02 Å².